The van der Waals surface area contributed by atoms with Crippen molar-refractivity contribution in [2.45, 2.75) is 20.4 Å². The van der Waals surface area contributed by atoms with Gasteiger partial charge in [0.25, 0.3) is 0 Å². The summed E-state index contributed by atoms with van der Waals surface area (Å²) < 4.78 is 7.81. The molecule has 0 amide bonds. The zero-order chi connectivity index (χ0) is 9.14. The van der Waals surface area contributed by atoms with Crippen molar-refractivity contribution >= 4 is 12.2 Å². The van der Waals surface area contributed by atoms with Crippen LogP contribution in [0.4, 0.5) is 0 Å². The van der Waals surface area contributed by atoms with E-state index in [4.69, 9.17) is 17.0 Å². The highest BCUT2D eigenvalue weighted by molar-refractivity contribution is 7.71. The second-order valence-corrected chi connectivity index (χ2v) is 3.17. The van der Waals surface area contributed by atoms with Crippen LogP contribution in [0.1, 0.15) is 11.4 Å². The molecule has 0 aliphatic heterocycles. The lowest BCUT2D eigenvalue weighted by Gasteiger charge is -2.03. The fourth-order valence-corrected chi connectivity index (χ4v) is 1.51. The Labute approximate surface area is 77.4 Å². The van der Waals surface area contributed by atoms with E-state index in [0.717, 1.165) is 17.0 Å². The normalized spacial score (nSPS) is 10.6. The van der Waals surface area contributed by atoms with Gasteiger partial charge in [-0.05, 0) is 26.1 Å². The molecule has 1 aromatic heterocycles. The Hall–Kier alpha value is -0.610. The second-order valence-electron chi connectivity index (χ2n) is 2.79. The van der Waals surface area contributed by atoms with Gasteiger partial charge < -0.3 is 14.3 Å². The van der Waals surface area contributed by atoms with Gasteiger partial charge in [0.2, 0.25) is 0 Å². The number of nitrogens with zero attached hydrogens (tertiary/aromatic N) is 1. The summed E-state index contributed by atoms with van der Waals surface area (Å²) in [4.78, 5) is 3.11. The van der Waals surface area contributed by atoms with Crippen LogP contribution in [0.2, 0.25) is 0 Å². The van der Waals surface area contributed by atoms with Crippen LogP contribution in [0.15, 0.2) is 0 Å². The molecule has 0 saturated heterocycles. The largest absolute Gasteiger partial charge is 0.383 e. The molecule has 1 N–H and O–H groups in total. The van der Waals surface area contributed by atoms with Crippen molar-refractivity contribution < 1.29 is 4.74 Å². The van der Waals surface area contributed by atoms with Gasteiger partial charge in [0.1, 0.15) is 0 Å². The quantitative estimate of drug-likeness (QED) is 0.730. The summed E-state index contributed by atoms with van der Waals surface area (Å²) in [5.74, 6) is 0. The summed E-state index contributed by atoms with van der Waals surface area (Å²) in [7, 11) is 1.69. The number of ether oxygens (including phenoxy) is 1. The highest BCUT2D eigenvalue weighted by Gasteiger charge is 2.02. The van der Waals surface area contributed by atoms with E-state index in [1.807, 2.05) is 11.5 Å². The number of aryl methyl sites for hydroxylation is 1. The van der Waals surface area contributed by atoms with Gasteiger partial charge in [-0.25, -0.2) is 0 Å². The zero-order valence-electron chi connectivity index (χ0n) is 7.68. The number of hydrogen-bond acceptors (Lipinski definition) is 2. The molecular formula is C8H14N2OS. The molecule has 0 atom stereocenters. The fraction of sp³-hybridized carbons (Fsp3) is 0.625. The summed E-state index contributed by atoms with van der Waals surface area (Å²) in [5, 5.41) is 0. The third-order valence-corrected chi connectivity index (χ3v) is 2.33. The lowest BCUT2D eigenvalue weighted by Crippen LogP contribution is -2.05. The standard InChI is InChI=1S/C8H14N2OS/c1-6-7(2)10(4-5-11-3)8(12)9-6/h4-5H2,1-3H3,(H,9,12). The van der Waals surface area contributed by atoms with Crippen LogP contribution in [0.3, 0.4) is 0 Å². The summed E-state index contributed by atoms with van der Waals surface area (Å²) in [6.07, 6.45) is 0. The number of hydrogen-bond donors (Lipinski definition) is 1. The minimum absolute atomic E-state index is 0.701. The smallest absolute Gasteiger partial charge is 0.177 e. The third kappa shape index (κ3) is 1.76. The average Bonchev–Trinajstić information content (AvgIpc) is 2.25. The number of aromatic nitrogens is 2. The minimum atomic E-state index is 0.701. The molecule has 0 spiro atoms. The molecule has 0 aromatic carbocycles. The number of rotatable bonds is 3. The zero-order valence-corrected chi connectivity index (χ0v) is 8.49. The van der Waals surface area contributed by atoms with E-state index >= 15 is 0 Å². The SMILES string of the molecule is COCCn1c(C)c(C)[nH]c1=S. The Morgan fingerprint density at radius 2 is 2.17 bits per heavy atom. The van der Waals surface area contributed by atoms with Crippen LogP contribution in [-0.4, -0.2) is 23.3 Å². The highest BCUT2D eigenvalue weighted by atomic mass is 32.1. The minimum Gasteiger partial charge on any atom is -0.383 e. The molecule has 1 rings (SSSR count). The molecule has 0 fully saturated rings. The number of aromatic amines is 1. The van der Waals surface area contributed by atoms with Gasteiger partial charge in [-0.3, -0.25) is 0 Å². The van der Waals surface area contributed by atoms with E-state index in [1.165, 1.54) is 5.69 Å². The Morgan fingerprint density at radius 3 is 2.58 bits per heavy atom. The molecule has 0 saturated carbocycles. The molecule has 68 valence electrons. The molecule has 0 unspecified atom stereocenters. The molecule has 1 heterocycles. The lowest BCUT2D eigenvalue weighted by atomic mass is 10.4. The Balaban J connectivity index is 2.90. The van der Waals surface area contributed by atoms with E-state index < -0.39 is 0 Å². The van der Waals surface area contributed by atoms with Crippen LogP contribution < -0.4 is 0 Å². The predicted octanol–water partition coefficient (Wildman–Crippen LogP) is 1.81. The molecule has 4 heteroatoms. The maximum Gasteiger partial charge on any atom is 0.177 e. The molecule has 1 aromatic rings. The lowest BCUT2D eigenvalue weighted by molar-refractivity contribution is 0.186. The number of imidazole rings is 1. The topological polar surface area (TPSA) is 29.9 Å². The molecule has 3 nitrogen and oxygen atoms in total. The second kappa shape index (κ2) is 3.87. The summed E-state index contributed by atoms with van der Waals surface area (Å²) in [5.41, 5.74) is 2.33. The molecular weight excluding hydrogens is 172 g/mol. The molecule has 0 aliphatic carbocycles. The first-order valence-corrected chi connectivity index (χ1v) is 4.32. The van der Waals surface area contributed by atoms with Crippen molar-refractivity contribution in [2.75, 3.05) is 13.7 Å². The summed E-state index contributed by atoms with van der Waals surface area (Å²) >= 11 is 5.13. The summed E-state index contributed by atoms with van der Waals surface area (Å²) in [6.45, 7) is 5.60. The van der Waals surface area contributed by atoms with Crippen molar-refractivity contribution in [3.8, 4) is 0 Å². The van der Waals surface area contributed by atoms with Crippen LogP contribution >= 0.6 is 12.2 Å². The van der Waals surface area contributed by atoms with E-state index in [9.17, 15) is 0 Å². The first kappa shape index (κ1) is 9.48. The van der Waals surface area contributed by atoms with Crippen molar-refractivity contribution in [1.29, 1.82) is 0 Å². The average molecular weight is 186 g/mol. The van der Waals surface area contributed by atoms with Crippen molar-refractivity contribution in [3.05, 3.63) is 16.2 Å². The van der Waals surface area contributed by atoms with Crippen molar-refractivity contribution in [2.24, 2.45) is 0 Å². The predicted molar refractivity (Wildman–Crippen MR) is 51.0 cm³/mol. The Morgan fingerprint density at radius 1 is 1.50 bits per heavy atom. The van der Waals surface area contributed by atoms with Gasteiger partial charge >= 0.3 is 0 Å². The Kier molecular flexibility index (Phi) is 3.05. The van der Waals surface area contributed by atoms with E-state index in [-0.39, 0.29) is 0 Å². The van der Waals surface area contributed by atoms with Gasteiger partial charge in [-0.2, -0.15) is 0 Å². The van der Waals surface area contributed by atoms with Gasteiger partial charge in [0, 0.05) is 25.0 Å². The number of nitrogens with one attached hydrogen (secondary N) is 1. The monoisotopic (exact) mass is 186 g/mol. The van der Waals surface area contributed by atoms with E-state index in [1.54, 1.807) is 7.11 Å². The van der Waals surface area contributed by atoms with E-state index in [2.05, 4.69) is 11.9 Å². The number of H-pyrrole nitrogens is 1. The Bertz CT molecular complexity index is 313. The van der Waals surface area contributed by atoms with Crippen LogP contribution in [-0.2, 0) is 11.3 Å². The van der Waals surface area contributed by atoms with E-state index in [0.29, 0.717) is 6.61 Å². The first-order chi connectivity index (χ1) is 5.66. The molecule has 0 aliphatic rings. The van der Waals surface area contributed by atoms with Gasteiger partial charge in [0.05, 0.1) is 6.61 Å². The van der Waals surface area contributed by atoms with Crippen molar-refractivity contribution in [3.63, 3.8) is 0 Å². The summed E-state index contributed by atoms with van der Waals surface area (Å²) in [6, 6.07) is 0. The number of methoxy groups -OCH3 is 1. The van der Waals surface area contributed by atoms with Gasteiger partial charge in [-0.1, -0.05) is 0 Å². The van der Waals surface area contributed by atoms with Crippen molar-refractivity contribution in [1.82, 2.24) is 9.55 Å². The van der Waals surface area contributed by atoms with Crippen LogP contribution in [0, 0.1) is 18.6 Å². The third-order valence-electron chi connectivity index (χ3n) is 2.01. The maximum atomic E-state index is 5.13. The van der Waals surface area contributed by atoms with Gasteiger partial charge in [-0.15, -0.1) is 0 Å². The maximum absolute atomic E-state index is 5.13. The van der Waals surface area contributed by atoms with Crippen LogP contribution in [0.25, 0.3) is 0 Å². The van der Waals surface area contributed by atoms with Crippen LogP contribution in [0.5, 0.6) is 0 Å². The first-order valence-electron chi connectivity index (χ1n) is 3.91. The molecule has 0 radical (unpaired) electrons. The fourth-order valence-electron chi connectivity index (χ4n) is 1.12. The highest BCUT2D eigenvalue weighted by Crippen LogP contribution is 2.05. The molecule has 0 bridgehead atoms. The molecule has 12 heavy (non-hydrogen) atoms. The van der Waals surface area contributed by atoms with Gasteiger partial charge in [0.15, 0.2) is 4.77 Å².